The number of furan rings is 1. The molecule has 0 aliphatic carbocycles. The molecule has 0 saturated heterocycles. The molecule has 0 unspecified atom stereocenters. The van der Waals surface area contributed by atoms with Crippen LogP contribution in [0.15, 0.2) is 156 Å². The summed E-state index contributed by atoms with van der Waals surface area (Å²) < 4.78 is 11.7. The van der Waals surface area contributed by atoms with Crippen LogP contribution in [0.4, 0.5) is 0 Å². The molecule has 3 aromatic heterocycles. The number of para-hydroxylation sites is 2. The van der Waals surface area contributed by atoms with Crippen molar-refractivity contribution in [1.29, 1.82) is 0 Å². The first kappa shape index (κ1) is 24.8. The Kier molecular flexibility index (Phi) is 5.19. The van der Waals surface area contributed by atoms with Gasteiger partial charge in [-0.1, -0.05) is 109 Å². The molecule has 0 aliphatic rings. The van der Waals surface area contributed by atoms with E-state index in [0.717, 1.165) is 44.2 Å². The molecule has 3 heteroatoms. The number of benzene rings is 7. The van der Waals surface area contributed by atoms with Crippen LogP contribution < -0.4 is 0 Å². The third-order valence-electron chi connectivity index (χ3n) is 9.21. The summed E-state index contributed by atoms with van der Waals surface area (Å²) in [6.45, 7) is 0. The van der Waals surface area contributed by atoms with Gasteiger partial charge in [-0.15, -0.1) is 11.3 Å². The second-order valence-corrected chi connectivity index (χ2v) is 12.7. The summed E-state index contributed by atoms with van der Waals surface area (Å²) in [5.41, 5.74) is 10.0. The minimum Gasteiger partial charge on any atom is -0.454 e. The van der Waals surface area contributed by atoms with E-state index in [0.29, 0.717) is 0 Å². The molecule has 0 atom stereocenters. The van der Waals surface area contributed by atoms with Crippen molar-refractivity contribution in [2.45, 2.75) is 0 Å². The highest BCUT2D eigenvalue weighted by Gasteiger charge is 2.21. The molecule has 0 bridgehead atoms. The fraction of sp³-hybridized carbons (Fsp3) is 0. The molecule has 10 rings (SSSR count). The first-order valence-electron chi connectivity index (χ1n) is 15.3. The van der Waals surface area contributed by atoms with Crippen molar-refractivity contribution in [3.63, 3.8) is 0 Å². The summed E-state index contributed by atoms with van der Waals surface area (Å²) in [5.74, 6) is 0. The molecule has 45 heavy (non-hydrogen) atoms. The zero-order valence-electron chi connectivity index (χ0n) is 24.2. The van der Waals surface area contributed by atoms with Gasteiger partial charge in [0.2, 0.25) is 0 Å². The molecule has 0 aliphatic heterocycles. The number of aromatic nitrogens is 1. The fourth-order valence-electron chi connectivity index (χ4n) is 7.23. The number of fused-ring (bicyclic) bond motifs is 10. The van der Waals surface area contributed by atoms with Crippen molar-refractivity contribution in [2.75, 3.05) is 0 Å². The van der Waals surface area contributed by atoms with Crippen LogP contribution in [-0.2, 0) is 0 Å². The van der Waals surface area contributed by atoms with E-state index in [9.17, 15) is 0 Å². The van der Waals surface area contributed by atoms with Gasteiger partial charge in [0.05, 0.1) is 5.52 Å². The summed E-state index contributed by atoms with van der Waals surface area (Å²) in [6.07, 6.45) is 0. The largest absolute Gasteiger partial charge is 0.454 e. The predicted molar refractivity (Wildman–Crippen MR) is 192 cm³/mol. The van der Waals surface area contributed by atoms with E-state index in [1.165, 1.54) is 47.6 Å². The Bertz CT molecular complexity index is 2760. The standard InChI is InChI=1S/C42H25NOS/c1-2-12-28(13-3-1)43-36-19-9-8-17-33(36)41-40(43)34-23-22-27(25-37(34)44-41)29-14-6-7-16-31(29)32-18-10-20-38-39(32)35-24-21-26-11-4-5-15-30(26)42(35)45-38/h1-25H. The number of hydrogen-bond acceptors (Lipinski definition) is 2. The normalized spacial score (nSPS) is 12.0. The lowest BCUT2D eigenvalue weighted by atomic mass is 9.91. The lowest BCUT2D eigenvalue weighted by Crippen LogP contribution is -1.92. The average molecular weight is 592 g/mol. The fourth-order valence-corrected chi connectivity index (χ4v) is 8.49. The molecule has 0 fully saturated rings. The molecule has 0 saturated carbocycles. The highest BCUT2D eigenvalue weighted by molar-refractivity contribution is 7.26. The van der Waals surface area contributed by atoms with Crippen LogP contribution >= 0.6 is 11.3 Å². The van der Waals surface area contributed by atoms with Crippen LogP contribution in [0.25, 0.3) is 91.9 Å². The quantitative estimate of drug-likeness (QED) is 0.200. The van der Waals surface area contributed by atoms with Crippen LogP contribution in [0, 0.1) is 0 Å². The molecule has 2 nitrogen and oxygen atoms in total. The van der Waals surface area contributed by atoms with E-state index in [1.807, 2.05) is 11.3 Å². The molecule has 3 heterocycles. The number of thiophene rings is 1. The lowest BCUT2D eigenvalue weighted by molar-refractivity contribution is 0.673. The third kappa shape index (κ3) is 3.56. The summed E-state index contributed by atoms with van der Waals surface area (Å²) in [4.78, 5) is 0. The van der Waals surface area contributed by atoms with Gasteiger partial charge in [-0.25, -0.2) is 0 Å². The van der Waals surface area contributed by atoms with Crippen molar-refractivity contribution in [3.8, 4) is 27.9 Å². The smallest absolute Gasteiger partial charge is 0.161 e. The van der Waals surface area contributed by atoms with Gasteiger partial charge < -0.3 is 8.98 Å². The van der Waals surface area contributed by atoms with Gasteiger partial charge in [0.15, 0.2) is 5.58 Å². The Balaban J connectivity index is 1.20. The SMILES string of the molecule is c1ccc(-n2c3ccccc3c3oc4cc(-c5ccccc5-c5cccc6sc7c8ccccc8ccc7c56)ccc4c32)cc1. The van der Waals surface area contributed by atoms with E-state index < -0.39 is 0 Å². The highest BCUT2D eigenvalue weighted by atomic mass is 32.1. The Hall–Kier alpha value is -5.64. The monoisotopic (exact) mass is 591 g/mol. The minimum absolute atomic E-state index is 0.897. The van der Waals surface area contributed by atoms with Gasteiger partial charge in [-0.2, -0.15) is 0 Å². The van der Waals surface area contributed by atoms with Gasteiger partial charge in [0, 0.05) is 36.6 Å². The van der Waals surface area contributed by atoms with Crippen molar-refractivity contribution in [3.05, 3.63) is 152 Å². The van der Waals surface area contributed by atoms with E-state index in [4.69, 9.17) is 4.42 Å². The molecular weight excluding hydrogens is 567 g/mol. The highest BCUT2D eigenvalue weighted by Crippen LogP contribution is 2.46. The van der Waals surface area contributed by atoms with E-state index in [-0.39, 0.29) is 0 Å². The lowest BCUT2D eigenvalue weighted by Gasteiger charge is -2.12. The van der Waals surface area contributed by atoms with Crippen LogP contribution in [0.3, 0.4) is 0 Å². The van der Waals surface area contributed by atoms with Gasteiger partial charge in [-0.3, -0.25) is 0 Å². The second-order valence-electron chi connectivity index (χ2n) is 11.7. The topological polar surface area (TPSA) is 18.1 Å². The molecule has 210 valence electrons. The van der Waals surface area contributed by atoms with Crippen molar-refractivity contribution in [2.24, 2.45) is 0 Å². The summed E-state index contributed by atoms with van der Waals surface area (Å²) in [7, 11) is 0. The first-order chi connectivity index (χ1) is 22.3. The zero-order chi connectivity index (χ0) is 29.5. The Morgan fingerprint density at radius 2 is 1.24 bits per heavy atom. The Morgan fingerprint density at radius 3 is 2.16 bits per heavy atom. The van der Waals surface area contributed by atoms with E-state index >= 15 is 0 Å². The van der Waals surface area contributed by atoms with Crippen LogP contribution in [0.1, 0.15) is 0 Å². The number of hydrogen-bond donors (Lipinski definition) is 0. The minimum atomic E-state index is 0.897. The molecule has 0 N–H and O–H groups in total. The van der Waals surface area contributed by atoms with Gasteiger partial charge in [-0.05, 0) is 75.5 Å². The molecular formula is C42H25NOS. The van der Waals surface area contributed by atoms with Crippen LogP contribution in [0.2, 0.25) is 0 Å². The molecule has 0 amide bonds. The Morgan fingerprint density at radius 1 is 0.511 bits per heavy atom. The molecule has 0 spiro atoms. The molecule has 10 aromatic rings. The summed E-state index contributed by atoms with van der Waals surface area (Å²) in [5, 5.41) is 7.48. The average Bonchev–Trinajstić information content (AvgIpc) is 3.77. The van der Waals surface area contributed by atoms with E-state index in [1.54, 1.807) is 0 Å². The number of rotatable bonds is 3. The predicted octanol–water partition coefficient (Wildman–Crippen LogP) is 12.4. The van der Waals surface area contributed by atoms with Crippen molar-refractivity contribution < 1.29 is 4.42 Å². The summed E-state index contributed by atoms with van der Waals surface area (Å²) in [6, 6.07) is 54.6. The van der Waals surface area contributed by atoms with E-state index in [2.05, 4.69) is 156 Å². The maximum absolute atomic E-state index is 6.71. The molecule has 0 radical (unpaired) electrons. The number of nitrogens with zero attached hydrogens (tertiary/aromatic N) is 1. The second kappa shape index (κ2) is 9.43. The Labute approximate surface area is 263 Å². The van der Waals surface area contributed by atoms with Crippen LogP contribution in [0.5, 0.6) is 0 Å². The molecule has 7 aromatic carbocycles. The van der Waals surface area contributed by atoms with Gasteiger partial charge in [0.25, 0.3) is 0 Å². The zero-order valence-corrected chi connectivity index (χ0v) is 25.0. The van der Waals surface area contributed by atoms with Crippen molar-refractivity contribution in [1.82, 2.24) is 4.57 Å². The third-order valence-corrected chi connectivity index (χ3v) is 10.4. The maximum Gasteiger partial charge on any atom is 0.161 e. The van der Waals surface area contributed by atoms with Crippen LogP contribution in [-0.4, -0.2) is 4.57 Å². The van der Waals surface area contributed by atoms with Crippen molar-refractivity contribution >= 4 is 75.3 Å². The first-order valence-corrected chi connectivity index (χ1v) is 16.1. The van der Waals surface area contributed by atoms with Gasteiger partial charge >= 0.3 is 0 Å². The maximum atomic E-state index is 6.71. The summed E-state index contributed by atoms with van der Waals surface area (Å²) >= 11 is 1.89. The van der Waals surface area contributed by atoms with Gasteiger partial charge in [0.1, 0.15) is 11.1 Å².